The average Bonchev–Trinajstić information content (AvgIpc) is 2.64. The molecule has 0 spiro atoms. The Morgan fingerprint density at radius 2 is 1.85 bits per heavy atom. The van der Waals surface area contributed by atoms with Crippen LogP contribution in [0.5, 0.6) is 0 Å². The molecular formula is C19H13Cl2N5O. The lowest BCUT2D eigenvalue weighted by Crippen LogP contribution is -2.16. The van der Waals surface area contributed by atoms with Gasteiger partial charge in [-0.2, -0.15) is 5.26 Å². The summed E-state index contributed by atoms with van der Waals surface area (Å²) in [5.74, 6) is 0.402. The van der Waals surface area contributed by atoms with Gasteiger partial charge in [-0.1, -0.05) is 35.3 Å². The highest BCUT2D eigenvalue weighted by Gasteiger charge is 2.13. The first-order chi connectivity index (χ1) is 13.0. The second kappa shape index (κ2) is 8.04. The summed E-state index contributed by atoms with van der Waals surface area (Å²) in [6.45, 7) is 1.68. The summed E-state index contributed by atoms with van der Waals surface area (Å²) in [5.41, 5.74) is 1.62. The molecule has 0 aliphatic carbocycles. The molecule has 134 valence electrons. The van der Waals surface area contributed by atoms with Crippen LogP contribution in [0, 0.1) is 18.3 Å². The predicted molar refractivity (Wildman–Crippen MR) is 106 cm³/mol. The van der Waals surface area contributed by atoms with Crippen molar-refractivity contribution in [1.29, 1.82) is 5.26 Å². The van der Waals surface area contributed by atoms with Crippen LogP contribution in [0.15, 0.2) is 48.5 Å². The van der Waals surface area contributed by atoms with Crippen molar-refractivity contribution in [3.63, 3.8) is 0 Å². The van der Waals surface area contributed by atoms with Crippen molar-refractivity contribution >= 4 is 46.3 Å². The Morgan fingerprint density at radius 1 is 1.07 bits per heavy atom. The van der Waals surface area contributed by atoms with Crippen LogP contribution >= 0.6 is 23.2 Å². The normalized spacial score (nSPS) is 10.1. The zero-order valence-corrected chi connectivity index (χ0v) is 15.6. The smallest absolute Gasteiger partial charge is 0.274 e. The fourth-order valence-electron chi connectivity index (χ4n) is 2.35. The number of para-hydroxylation sites is 1. The average molecular weight is 398 g/mol. The molecule has 0 unspecified atom stereocenters. The Bertz CT molecular complexity index is 1060. The minimum Gasteiger partial charge on any atom is -0.340 e. The van der Waals surface area contributed by atoms with Gasteiger partial charge in [0.1, 0.15) is 23.4 Å². The summed E-state index contributed by atoms with van der Waals surface area (Å²) in [6, 6.07) is 15.3. The molecule has 0 atom stereocenters. The molecule has 0 aliphatic heterocycles. The Balaban J connectivity index is 1.85. The zero-order valence-electron chi connectivity index (χ0n) is 14.1. The number of nitriles is 1. The summed E-state index contributed by atoms with van der Waals surface area (Å²) >= 11 is 11.9. The molecule has 1 amide bonds. The van der Waals surface area contributed by atoms with E-state index in [1.165, 1.54) is 6.07 Å². The van der Waals surface area contributed by atoms with Crippen LogP contribution < -0.4 is 10.6 Å². The molecular weight excluding hydrogens is 385 g/mol. The molecule has 0 fully saturated rings. The molecule has 8 heteroatoms. The van der Waals surface area contributed by atoms with Gasteiger partial charge in [0.15, 0.2) is 0 Å². The maximum Gasteiger partial charge on any atom is 0.274 e. The van der Waals surface area contributed by atoms with Crippen molar-refractivity contribution in [3.05, 3.63) is 75.7 Å². The van der Waals surface area contributed by atoms with Crippen LogP contribution in [0.4, 0.5) is 17.2 Å². The molecule has 0 bridgehead atoms. The van der Waals surface area contributed by atoms with Crippen LogP contribution in [0.3, 0.4) is 0 Å². The largest absolute Gasteiger partial charge is 0.340 e. The molecule has 3 aromatic rings. The van der Waals surface area contributed by atoms with E-state index in [1.807, 2.05) is 6.07 Å². The quantitative estimate of drug-likeness (QED) is 0.648. The second-order valence-corrected chi connectivity index (χ2v) is 6.37. The Kier molecular flexibility index (Phi) is 5.55. The summed E-state index contributed by atoms with van der Waals surface area (Å²) in [7, 11) is 0. The number of aryl methyl sites for hydroxylation is 1. The third kappa shape index (κ3) is 4.53. The molecule has 2 N–H and O–H groups in total. The molecule has 0 aliphatic rings. The summed E-state index contributed by atoms with van der Waals surface area (Å²) in [5, 5.41) is 15.7. The molecule has 3 rings (SSSR count). The van der Waals surface area contributed by atoms with Gasteiger partial charge in [0.2, 0.25) is 0 Å². The number of nitrogens with zero attached hydrogens (tertiary/aromatic N) is 3. The maximum atomic E-state index is 12.6. The second-order valence-electron chi connectivity index (χ2n) is 5.55. The first kappa shape index (κ1) is 18.6. The van der Waals surface area contributed by atoms with Gasteiger partial charge in [0.05, 0.1) is 21.3 Å². The fraction of sp³-hybridized carbons (Fsp3) is 0.0526. The van der Waals surface area contributed by atoms with Crippen molar-refractivity contribution < 1.29 is 4.79 Å². The van der Waals surface area contributed by atoms with Crippen molar-refractivity contribution in [2.75, 3.05) is 10.6 Å². The first-order valence-corrected chi connectivity index (χ1v) is 8.60. The van der Waals surface area contributed by atoms with Gasteiger partial charge < -0.3 is 10.6 Å². The molecule has 0 saturated heterocycles. The highest BCUT2D eigenvalue weighted by atomic mass is 35.5. The molecule has 1 aromatic heterocycles. The van der Waals surface area contributed by atoms with Gasteiger partial charge >= 0.3 is 0 Å². The van der Waals surface area contributed by atoms with Gasteiger partial charge in [0, 0.05) is 11.8 Å². The number of hydrogen-bond acceptors (Lipinski definition) is 5. The number of anilines is 3. The number of halogens is 2. The lowest BCUT2D eigenvalue weighted by molar-refractivity contribution is 0.102. The fourth-order valence-corrected chi connectivity index (χ4v) is 2.64. The highest BCUT2D eigenvalue weighted by Crippen LogP contribution is 2.26. The van der Waals surface area contributed by atoms with Gasteiger partial charge in [-0.15, -0.1) is 0 Å². The third-order valence-corrected chi connectivity index (χ3v) is 4.30. The number of benzene rings is 2. The number of amides is 1. The van der Waals surface area contributed by atoms with E-state index in [0.29, 0.717) is 38.6 Å². The van der Waals surface area contributed by atoms with E-state index in [4.69, 9.17) is 28.5 Å². The van der Waals surface area contributed by atoms with Crippen molar-refractivity contribution in [2.24, 2.45) is 0 Å². The standard InChI is InChI=1S/C19H13Cl2N5O/c1-11-23-17(19(27)26-16-5-3-2-4-12(16)10-22)9-18(24-11)25-13-6-7-14(20)15(21)8-13/h2-9H,1H3,(H,26,27)(H,23,24,25). The zero-order chi connectivity index (χ0) is 19.4. The van der Waals surface area contributed by atoms with Crippen molar-refractivity contribution in [2.45, 2.75) is 6.92 Å². The van der Waals surface area contributed by atoms with Crippen LogP contribution in [0.2, 0.25) is 10.0 Å². The summed E-state index contributed by atoms with van der Waals surface area (Å²) < 4.78 is 0. The topological polar surface area (TPSA) is 90.7 Å². The minimum atomic E-state index is -0.444. The van der Waals surface area contributed by atoms with E-state index < -0.39 is 5.91 Å². The molecule has 2 aromatic carbocycles. The van der Waals surface area contributed by atoms with Gasteiger partial charge in [-0.3, -0.25) is 4.79 Å². The van der Waals surface area contributed by atoms with Gasteiger partial charge in [-0.05, 0) is 37.3 Å². The monoisotopic (exact) mass is 397 g/mol. The number of carbonyl (C=O) groups is 1. The van der Waals surface area contributed by atoms with E-state index in [9.17, 15) is 4.79 Å². The van der Waals surface area contributed by atoms with Gasteiger partial charge in [0.25, 0.3) is 5.91 Å². The maximum absolute atomic E-state index is 12.6. The van der Waals surface area contributed by atoms with Crippen molar-refractivity contribution in [1.82, 2.24) is 9.97 Å². The lowest BCUT2D eigenvalue weighted by Gasteiger charge is -2.10. The van der Waals surface area contributed by atoms with Crippen LogP contribution in [-0.4, -0.2) is 15.9 Å². The van der Waals surface area contributed by atoms with E-state index in [1.54, 1.807) is 49.4 Å². The van der Waals surface area contributed by atoms with Crippen LogP contribution in [0.1, 0.15) is 21.9 Å². The highest BCUT2D eigenvalue weighted by molar-refractivity contribution is 6.42. The first-order valence-electron chi connectivity index (χ1n) is 7.84. The summed E-state index contributed by atoms with van der Waals surface area (Å²) in [4.78, 5) is 21.0. The Labute approximate surface area is 165 Å². The minimum absolute atomic E-state index is 0.165. The molecule has 6 nitrogen and oxygen atoms in total. The molecule has 27 heavy (non-hydrogen) atoms. The van der Waals surface area contributed by atoms with E-state index in [0.717, 1.165) is 0 Å². The summed E-state index contributed by atoms with van der Waals surface area (Å²) in [6.07, 6.45) is 0. The van der Waals surface area contributed by atoms with Crippen LogP contribution in [0.25, 0.3) is 0 Å². The van der Waals surface area contributed by atoms with E-state index in [2.05, 4.69) is 20.6 Å². The molecule has 1 heterocycles. The Hall–Kier alpha value is -3.14. The van der Waals surface area contributed by atoms with Gasteiger partial charge in [-0.25, -0.2) is 9.97 Å². The van der Waals surface area contributed by atoms with E-state index in [-0.39, 0.29) is 5.69 Å². The Morgan fingerprint density at radius 3 is 2.59 bits per heavy atom. The molecule has 0 saturated carbocycles. The molecule has 0 radical (unpaired) electrons. The van der Waals surface area contributed by atoms with Crippen molar-refractivity contribution in [3.8, 4) is 6.07 Å². The number of hydrogen-bond donors (Lipinski definition) is 2. The number of nitrogens with one attached hydrogen (secondary N) is 2. The SMILES string of the molecule is Cc1nc(Nc2ccc(Cl)c(Cl)c2)cc(C(=O)Nc2ccccc2C#N)n1. The predicted octanol–water partition coefficient (Wildman–Crippen LogP) is 4.96. The van der Waals surface area contributed by atoms with E-state index >= 15 is 0 Å². The number of aromatic nitrogens is 2. The lowest BCUT2D eigenvalue weighted by atomic mass is 10.2. The number of rotatable bonds is 4. The van der Waals surface area contributed by atoms with Crippen LogP contribution in [-0.2, 0) is 0 Å². The third-order valence-electron chi connectivity index (χ3n) is 3.56. The number of carbonyl (C=O) groups excluding carboxylic acids is 1.